The summed E-state index contributed by atoms with van der Waals surface area (Å²) in [6.45, 7) is 0.0547. The molecule has 218 valence electrons. The number of hydrogen-bond acceptors (Lipinski definition) is 7. The Labute approximate surface area is 248 Å². The monoisotopic (exact) mass is 588 g/mol. The minimum atomic E-state index is -2.31. The third-order valence-electron chi connectivity index (χ3n) is 7.42. The molecule has 42 heavy (non-hydrogen) atoms. The lowest BCUT2D eigenvalue weighted by molar-refractivity contribution is -0.154. The Kier molecular flexibility index (Phi) is 9.31. The van der Waals surface area contributed by atoms with Crippen molar-refractivity contribution in [2.75, 3.05) is 24.2 Å². The Hall–Kier alpha value is -4.64. The van der Waals surface area contributed by atoms with E-state index < -0.39 is 47.7 Å². The zero-order chi connectivity index (χ0) is 30.4. The number of nitrogens with two attached hydrogens (primary N) is 1. The van der Waals surface area contributed by atoms with Gasteiger partial charge in [-0.25, -0.2) is 4.79 Å². The number of thiol groups is 1. The molecule has 1 heterocycles. The van der Waals surface area contributed by atoms with Crippen LogP contribution in [0.4, 0.5) is 5.69 Å². The number of carboxylic acids is 2. The number of hydrogen-bond donors (Lipinski definition) is 5. The largest absolute Gasteiger partial charge is 0.481 e. The molecule has 10 nitrogen and oxygen atoms in total. The van der Waals surface area contributed by atoms with Crippen LogP contribution in [0.25, 0.3) is 0 Å². The fourth-order valence-electron chi connectivity index (χ4n) is 5.12. The number of carbonyl (C=O) groups excluding carboxylic acids is 2. The molecule has 3 atom stereocenters. The van der Waals surface area contributed by atoms with Gasteiger partial charge in [0.05, 0.1) is 24.6 Å². The standard InChI is InChI=1S/C31H32N4O6S/c1-35-24-13-12-22(15-23(24)27(20-10-6-3-7-11-20)33-17-25(35)28(32)38)31(30(40)41,16-26(36)37)34-29(39)21(18-42)14-19-8-4-2-5-9-19/h2-13,15,21,25,42H,14,16-18H2,1H3,(H2,32,38)(H,34,39)(H,36,37)(H,40,41)/t21?,25?,31-/m1/s1. The number of aliphatic carboxylic acids is 2. The van der Waals surface area contributed by atoms with Gasteiger partial charge in [-0.15, -0.1) is 0 Å². The van der Waals surface area contributed by atoms with Gasteiger partial charge in [0.1, 0.15) is 6.04 Å². The molecule has 0 bridgehead atoms. The Morgan fingerprint density at radius 1 is 1.05 bits per heavy atom. The highest BCUT2D eigenvalue weighted by Gasteiger charge is 2.46. The number of amides is 2. The predicted molar refractivity (Wildman–Crippen MR) is 162 cm³/mol. The average Bonchev–Trinajstić information content (AvgIpc) is 3.12. The van der Waals surface area contributed by atoms with Gasteiger partial charge in [-0.05, 0) is 29.7 Å². The number of carbonyl (C=O) groups is 4. The summed E-state index contributed by atoms with van der Waals surface area (Å²) in [4.78, 5) is 57.2. The first-order chi connectivity index (χ1) is 20.1. The van der Waals surface area contributed by atoms with E-state index in [4.69, 9.17) is 5.73 Å². The van der Waals surface area contributed by atoms with Crippen molar-refractivity contribution in [3.8, 4) is 0 Å². The highest BCUT2D eigenvalue weighted by atomic mass is 32.1. The molecule has 0 aromatic heterocycles. The predicted octanol–water partition coefficient (Wildman–Crippen LogP) is 2.49. The van der Waals surface area contributed by atoms with Gasteiger partial charge in [-0.3, -0.25) is 19.4 Å². The lowest BCUT2D eigenvalue weighted by Gasteiger charge is -2.33. The Bertz CT molecular complexity index is 1510. The van der Waals surface area contributed by atoms with E-state index in [1.807, 2.05) is 60.7 Å². The number of benzene rings is 3. The van der Waals surface area contributed by atoms with E-state index in [0.717, 1.165) is 5.56 Å². The zero-order valence-electron chi connectivity index (χ0n) is 22.9. The number of likely N-dealkylation sites (N-methyl/N-ethyl adjacent to an activating group) is 1. The maximum atomic E-state index is 13.6. The molecule has 0 radical (unpaired) electrons. The minimum Gasteiger partial charge on any atom is -0.481 e. The summed E-state index contributed by atoms with van der Waals surface area (Å²) in [6.07, 6.45) is -0.637. The fourth-order valence-corrected chi connectivity index (χ4v) is 5.42. The van der Waals surface area contributed by atoms with Crippen LogP contribution in [0.1, 0.15) is 28.7 Å². The van der Waals surface area contributed by atoms with Crippen molar-refractivity contribution in [1.82, 2.24) is 5.32 Å². The topological polar surface area (TPSA) is 162 Å². The molecule has 1 aliphatic heterocycles. The number of nitrogens with one attached hydrogen (secondary N) is 1. The lowest BCUT2D eigenvalue weighted by Crippen LogP contribution is -2.55. The van der Waals surface area contributed by atoms with E-state index in [9.17, 15) is 29.4 Å². The smallest absolute Gasteiger partial charge is 0.334 e. The van der Waals surface area contributed by atoms with Crippen molar-refractivity contribution in [1.29, 1.82) is 0 Å². The Morgan fingerprint density at radius 3 is 2.26 bits per heavy atom. The summed E-state index contributed by atoms with van der Waals surface area (Å²) < 4.78 is 0. The third-order valence-corrected chi connectivity index (χ3v) is 7.86. The number of anilines is 1. The van der Waals surface area contributed by atoms with Gasteiger partial charge < -0.3 is 26.2 Å². The van der Waals surface area contributed by atoms with Crippen LogP contribution in [0.15, 0.2) is 83.9 Å². The van der Waals surface area contributed by atoms with Crippen LogP contribution in [0.3, 0.4) is 0 Å². The van der Waals surface area contributed by atoms with E-state index in [1.165, 1.54) is 12.1 Å². The van der Waals surface area contributed by atoms with E-state index >= 15 is 0 Å². The molecule has 2 amide bonds. The normalized spacial score (nSPS) is 16.7. The van der Waals surface area contributed by atoms with E-state index in [2.05, 4.69) is 22.9 Å². The highest BCUT2D eigenvalue weighted by molar-refractivity contribution is 7.80. The molecular formula is C31H32N4O6S. The first-order valence-electron chi connectivity index (χ1n) is 13.3. The summed E-state index contributed by atoms with van der Waals surface area (Å²) in [5, 5.41) is 22.9. The SMILES string of the molecule is CN1c2ccc([C@@](CC(=O)O)(NC(=O)C(CS)Cc3ccccc3)C(=O)O)cc2C(c2ccccc2)=NCC1C(N)=O. The lowest BCUT2D eigenvalue weighted by atomic mass is 9.83. The first kappa shape index (κ1) is 30.3. The van der Waals surface area contributed by atoms with Crippen LogP contribution in [0, 0.1) is 5.92 Å². The van der Waals surface area contributed by atoms with Crippen LogP contribution in [-0.4, -0.2) is 65.1 Å². The van der Waals surface area contributed by atoms with Crippen molar-refractivity contribution in [2.24, 2.45) is 16.6 Å². The number of nitrogens with zero attached hydrogens (tertiary/aromatic N) is 2. The number of rotatable bonds is 11. The maximum absolute atomic E-state index is 13.6. The van der Waals surface area contributed by atoms with Crippen LogP contribution >= 0.6 is 12.6 Å². The number of primary amides is 1. The molecule has 0 saturated carbocycles. The van der Waals surface area contributed by atoms with Crippen molar-refractivity contribution in [3.05, 3.63) is 101 Å². The van der Waals surface area contributed by atoms with Crippen molar-refractivity contribution < 1.29 is 29.4 Å². The van der Waals surface area contributed by atoms with Gasteiger partial charge in [0, 0.05) is 29.6 Å². The van der Waals surface area contributed by atoms with E-state index in [0.29, 0.717) is 22.5 Å². The van der Waals surface area contributed by atoms with Crippen LogP contribution in [0.2, 0.25) is 0 Å². The second kappa shape index (κ2) is 12.9. The molecule has 11 heteroatoms. The second-order valence-electron chi connectivity index (χ2n) is 10.2. The maximum Gasteiger partial charge on any atom is 0.334 e. The third kappa shape index (κ3) is 6.31. The molecule has 2 unspecified atom stereocenters. The summed E-state index contributed by atoms with van der Waals surface area (Å²) in [6, 6.07) is 22.1. The molecule has 4 rings (SSSR count). The Balaban J connectivity index is 1.85. The van der Waals surface area contributed by atoms with Crippen LogP contribution in [-0.2, 0) is 31.1 Å². The summed E-state index contributed by atoms with van der Waals surface area (Å²) in [7, 11) is 1.68. The number of fused-ring (bicyclic) bond motifs is 1. The Morgan fingerprint density at radius 2 is 1.69 bits per heavy atom. The number of aliphatic imine (C=N–C) groups is 1. The second-order valence-corrected chi connectivity index (χ2v) is 10.5. The summed E-state index contributed by atoms with van der Waals surface area (Å²) >= 11 is 4.32. The van der Waals surface area contributed by atoms with Gasteiger partial charge in [0.15, 0.2) is 5.54 Å². The summed E-state index contributed by atoms with van der Waals surface area (Å²) in [5.74, 6) is -4.80. The fraction of sp³-hybridized carbons (Fsp3) is 0.258. The highest BCUT2D eigenvalue weighted by Crippen LogP contribution is 2.34. The van der Waals surface area contributed by atoms with E-state index in [1.54, 1.807) is 18.0 Å². The number of benzodiazepines with no additional fused rings is 1. The van der Waals surface area contributed by atoms with Gasteiger partial charge in [0.25, 0.3) is 0 Å². The van der Waals surface area contributed by atoms with Crippen molar-refractivity contribution >= 4 is 47.8 Å². The molecule has 5 N–H and O–H groups in total. The number of carboxylic acid groups (broad SMARTS) is 2. The minimum absolute atomic E-state index is 0.0386. The molecule has 1 aliphatic rings. The van der Waals surface area contributed by atoms with Gasteiger partial charge in [0.2, 0.25) is 11.8 Å². The zero-order valence-corrected chi connectivity index (χ0v) is 23.8. The van der Waals surface area contributed by atoms with Gasteiger partial charge in [-0.2, -0.15) is 12.6 Å². The molecule has 0 aliphatic carbocycles. The van der Waals surface area contributed by atoms with Crippen LogP contribution < -0.4 is 16.0 Å². The first-order valence-corrected chi connectivity index (χ1v) is 13.9. The summed E-state index contributed by atoms with van der Waals surface area (Å²) in [5.41, 5.74) is 6.43. The van der Waals surface area contributed by atoms with E-state index in [-0.39, 0.29) is 24.3 Å². The van der Waals surface area contributed by atoms with Crippen molar-refractivity contribution in [2.45, 2.75) is 24.4 Å². The molecule has 0 saturated heterocycles. The molecule has 0 spiro atoms. The van der Waals surface area contributed by atoms with Gasteiger partial charge >= 0.3 is 11.9 Å². The quantitative estimate of drug-likeness (QED) is 0.215. The van der Waals surface area contributed by atoms with Crippen molar-refractivity contribution in [3.63, 3.8) is 0 Å². The van der Waals surface area contributed by atoms with Gasteiger partial charge in [-0.1, -0.05) is 66.7 Å². The molecular weight excluding hydrogens is 556 g/mol. The molecule has 0 fully saturated rings. The molecule has 3 aromatic carbocycles. The molecule has 3 aromatic rings. The average molecular weight is 589 g/mol. The van der Waals surface area contributed by atoms with Crippen LogP contribution in [0.5, 0.6) is 0 Å².